The lowest BCUT2D eigenvalue weighted by Crippen LogP contribution is -2.40. The SMILES string of the molecule is CCOc1ccc([C@@H]2C(C(=O)Nc3ccccc3)=C(C)N=c3s/c(=C\c4ccc(OCC(=O)O)cc4)c(=O)n32)cc1. The van der Waals surface area contributed by atoms with Gasteiger partial charge < -0.3 is 19.9 Å². The third-order valence-corrected chi connectivity index (χ3v) is 7.33. The van der Waals surface area contributed by atoms with E-state index in [2.05, 4.69) is 10.3 Å². The molecule has 1 aliphatic heterocycles. The summed E-state index contributed by atoms with van der Waals surface area (Å²) < 4.78 is 12.8. The van der Waals surface area contributed by atoms with E-state index in [1.54, 1.807) is 54.0 Å². The average molecular weight is 570 g/mol. The van der Waals surface area contributed by atoms with Crippen LogP contribution in [-0.2, 0) is 9.59 Å². The van der Waals surface area contributed by atoms with E-state index in [0.29, 0.717) is 44.4 Å². The molecule has 1 aliphatic rings. The summed E-state index contributed by atoms with van der Waals surface area (Å²) in [7, 11) is 0. The summed E-state index contributed by atoms with van der Waals surface area (Å²) in [5, 5.41) is 11.8. The molecule has 0 bridgehead atoms. The molecule has 0 aliphatic carbocycles. The normalized spacial score (nSPS) is 14.7. The first-order valence-corrected chi connectivity index (χ1v) is 13.7. The predicted molar refractivity (Wildman–Crippen MR) is 156 cm³/mol. The number of nitrogens with one attached hydrogen (secondary N) is 1. The first-order chi connectivity index (χ1) is 19.8. The van der Waals surface area contributed by atoms with Crippen molar-refractivity contribution in [3.8, 4) is 11.5 Å². The second-order valence-electron chi connectivity index (χ2n) is 9.16. The van der Waals surface area contributed by atoms with E-state index in [0.717, 1.165) is 11.1 Å². The van der Waals surface area contributed by atoms with Crippen molar-refractivity contribution in [1.29, 1.82) is 0 Å². The number of ether oxygens (including phenoxy) is 2. The standard InChI is InChI=1S/C31H27N3O6S/c1-3-39-23-15-11-21(12-16-23)28-27(29(37)33-22-7-5-4-6-8-22)19(2)32-31-34(28)30(38)25(41-31)17-20-9-13-24(14-10-20)40-18-26(35)36/h4-17,28H,3,18H2,1-2H3,(H,33,37)(H,35,36)/b25-17-/t28-/m1/s1. The van der Waals surface area contributed by atoms with Crippen LogP contribution in [0.25, 0.3) is 6.08 Å². The fraction of sp³-hybridized carbons (Fsp3) is 0.161. The van der Waals surface area contributed by atoms with Gasteiger partial charge >= 0.3 is 5.97 Å². The Morgan fingerprint density at radius 3 is 2.32 bits per heavy atom. The van der Waals surface area contributed by atoms with E-state index in [-0.39, 0.29) is 11.5 Å². The Balaban J connectivity index is 1.57. The molecule has 0 saturated carbocycles. The molecule has 4 aromatic rings. The third kappa shape index (κ3) is 6.12. The average Bonchev–Trinajstić information content (AvgIpc) is 3.27. The molecule has 1 aromatic heterocycles. The molecule has 1 amide bonds. The van der Waals surface area contributed by atoms with Crippen LogP contribution < -0.4 is 29.7 Å². The minimum atomic E-state index is -1.07. The van der Waals surface area contributed by atoms with Crippen LogP contribution in [0.3, 0.4) is 0 Å². The molecule has 3 aromatic carbocycles. The number of rotatable bonds is 9. The summed E-state index contributed by atoms with van der Waals surface area (Å²) in [5.41, 5.74) is 2.72. The van der Waals surface area contributed by atoms with Crippen LogP contribution in [0.1, 0.15) is 31.0 Å². The maximum Gasteiger partial charge on any atom is 0.341 e. The number of carbonyl (C=O) groups is 2. The van der Waals surface area contributed by atoms with Crippen molar-refractivity contribution in [3.63, 3.8) is 0 Å². The van der Waals surface area contributed by atoms with Crippen LogP contribution in [0.4, 0.5) is 5.69 Å². The highest BCUT2D eigenvalue weighted by atomic mass is 32.1. The van der Waals surface area contributed by atoms with Gasteiger partial charge in [-0.15, -0.1) is 0 Å². The summed E-state index contributed by atoms with van der Waals surface area (Å²) in [6.07, 6.45) is 1.74. The third-order valence-electron chi connectivity index (χ3n) is 6.34. The van der Waals surface area contributed by atoms with Gasteiger partial charge in [0.15, 0.2) is 11.4 Å². The Hall–Kier alpha value is -4.96. The largest absolute Gasteiger partial charge is 0.494 e. The molecule has 0 spiro atoms. The number of aliphatic carboxylic acids is 1. The Bertz CT molecular complexity index is 1790. The van der Waals surface area contributed by atoms with Gasteiger partial charge in [0, 0.05) is 5.69 Å². The first-order valence-electron chi connectivity index (χ1n) is 12.9. The van der Waals surface area contributed by atoms with Crippen molar-refractivity contribution in [3.05, 3.63) is 121 Å². The zero-order chi connectivity index (χ0) is 28.9. The van der Waals surface area contributed by atoms with E-state index >= 15 is 0 Å². The quantitative estimate of drug-likeness (QED) is 0.317. The number of fused-ring (bicyclic) bond motifs is 1. The number of carboxylic acid groups (broad SMARTS) is 1. The van der Waals surface area contributed by atoms with Crippen molar-refractivity contribution >= 4 is 35.0 Å². The number of thiazole rings is 1. The number of hydrogen-bond donors (Lipinski definition) is 2. The number of para-hydroxylation sites is 1. The van der Waals surface area contributed by atoms with Gasteiger partial charge in [0.2, 0.25) is 0 Å². The molecule has 0 radical (unpaired) electrons. The second kappa shape index (κ2) is 12.1. The second-order valence-corrected chi connectivity index (χ2v) is 10.2. The summed E-state index contributed by atoms with van der Waals surface area (Å²) in [5.74, 6) is -0.312. The van der Waals surface area contributed by atoms with Crippen LogP contribution in [0.5, 0.6) is 11.5 Å². The van der Waals surface area contributed by atoms with Crippen molar-refractivity contribution in [2.45, 2.75) is 19.9 Å². The van der Waals surface area contributed by atoms with E-state index in [4.69, 9.17) is 14.6 Å². The molecule has 9 nitrogen and oxygen atoms in total. The highest BCUT2D eigenvalue weighted by Gasteiger charge is 2.32. The van der Waals surface area contributed by atoms with Crippen LogP contribution in [0, 0.1) is 0 Å². The van der Waals surface area contributed by atoms with Gasteiger partial charge in [-0.05, 0) is 67.4 Å². The lowest BCUT2D eigenvalue weighted by atomic mass is 9.95. The van der Waals surface area contributed by atoms with Gasteiger partial charge in [0.1, 0.15) is 11.5 Å². The Kier molecular flexibility index (Phi) is 8.11. The molecule has 10 heteroatoms. The molecule has 0 fully saturated rings. The summed E-state index contributed by atoms with van der Waals surface area (Å²) in [4.78, 5) is 43.4. The van der Waals surface area contributed by atoms with Gasteiger partial charge in [-0.1, -0.05) is 53.8 Å². The lowest BCUT2D eigenvalue weighted by molar-refractivity contribution is -0.139. The Morgan fingerprint density at radius 1 is 1.00 bits per heavy atom. The van der Waals surface area contributed by atoms with Gasteiger partial charge in [-0.2, -0.15) is 0 Å². The highest BCUT2D eigenvalue weighted by molar-refractivity contribution is 7.07. The molecule has 0 unspecified atom stereocenters. The molecule has 2 N–H and O–H groups in total. The predicted octanol–water partition coefficient (Wildman–Crippen LogP) is 3.74. The number of amides is 1. The number of hydrogen-bond acceptors (Lipinski definition) is 7. The molecule has 1 atom stereocenters. The Morgan fingerprint density at radius 2 is 1.66 bits per heavy atom. The summed E-state index contributed by atoms with van der Waals surface area (Å²) >= 11 is 1.24. The van der Waals surface area contributed by atoms with Crippen LogP contribution in [-0.4, -0.2) is 34.8 Å². The fourth-order valence-electron chi connectivity index (χ4n) is 4.52. The molecule has 208 valence electrons. The zero-order valence-electron chi connectivity index (χ0n) is 22.4. The topological polar surface area (TPSA) is 119 Å². The number of allylic oxidation sites excluding steroid dienone is 1. The monoisotopic (exact) mass is 569 g/mol. The Labute approximate surface area is 239 Å². The van der Waals surface area contributed by atoms with Crippen molar-refractivity contribution in [2.24, 2.45) is 4.99 Å². The molecule has 41 heavy (non-hydrogen) atoms. The number of anilines is 1. The van der Waals surface area contributed by atoms with Crippen LogP contribution in [0.15, 0.2) is 99.9 Å². The van der Waals surface area contributed by atoms with Gasteiger partial charge in [-0.25, -0.2) is 9.79 Å². The lowest BCUT2D eigenvalue weighted by Gasteiger charge is -2.25. The first kappa shape index (κ1) is 27.6. The van der Waals surface area contributed by atoms with E-state index in [1.165, 1.54) is 11.3 Å². The number of carboxylic acids is 1. The maximum atomic E-state index is 13.9. The fourth-order valence-corrected chi connectivity index (χ4v) is 5.56. The van der Waals surface area contributed by atoms with Crippen molar-refractivity contribution in [1.82, 2.24) is 4.57 Å². The summed E-state index contributed by atoms with van der Waals surface area (Å²) in [6.45, 7) is 3.75. The number of benzene rings is 3. The van der Waals surface area contributed by atoms with E-state index < -0.39 is 18.6 Å². The molecular weight excluding hydrogens is 542 g/mol. The smallest absolute Gasteiger partial charge is 0.341 e. The van der Waals surface area contributed by atoms with E-state index in [9.17, 15) is 14.4 Å². The van der Waals surface area contributed by atoms with Crippen molar-refractivity contribution in [2.75, 3.05) is 18.5 Å². The molecule has 0 saturated heterocycles. The van der Waals surface area contributed by atoms with Crippen molar-refractivity contribution < 1.29 is 24.2 Å². The van der Waals surface area contributed by atoms with E-state index in [1.807, 2.05) is 49.4 Å². The summed E-state index contributed by atoms with van der Waals surface area (Å²) in [6, 6.07) is 22.6. The van der Waals surface area contributed by atoms with Gasteiger partial charge in [-0.3, -0.25) is 14.2 Å². The molecular formula is C31H27N3O6S. The van der Waals surface area contributed by atoms with Crippen LogP contribution in [0.2, 0.25) is 0 Å². The minimum absolute atomic E-state index is 0.281. The van der Waals surface area contributed by atoms with Gasteiger partial charge in [0.25, 0.3) is 11.5 Å². The van der Waals surface area contributed by atoms with Gasteiger partial charge in [0.05, 0.1) is 28.5 Å². The number of carbonyl (C=O) groups excluding carboxylic acids is 1. The highest BCUT2D eigenvalue weighted by Crippen LogP contribution is 2.31. The number of nitrogens with zero attached hydrogens (tertiary/aromatic N) is 2. The molecule has 5 rings (SSSR count). The van der Waals surface area contributed by atoms with Crippen LogP contribution >= 0.6 is 11.3 Å². The molecule has 2 heterocycles. The zero-order valence-corrected chi connectivity index (χ0v) is 23.2. The maximum absolute atomic E-state index is 13.9. The minimum Gasteiger partial charge on any atom is -0.494 e. The number of aromatic nitrogens is 1.